The van der Waals surface area contributed by atoms with E-state index in [1.54, 1.807) is 0 Å². The molecule has 1 fully saturated rings. The summed E-state index contributed by atoms with van der Waals surface area (Å²) in [7, 11) is -0.494. The van der Waals surface area contributed by atoms with Crippen molar-refractivity contribution in [3.05, 3.63) is 30.3 Å². The molecule has 109 valence electrons. The highest BCUT2D eigenvalue weighted by Crippen LogP contribution is 2.17. The van der Waals surface area contributed by atoms with Gasteiger partial charge in [0.2, 0.25) is 0 Å². The Morgan fingerprint density at radius 1 is 0.950 bits per heavy atom. The second-order valence-electron chi connectivity index (χ2n) is 7.06. The largest absolute Gasteiger partial charge is 0.292 e. The van der Waals surface area contributed by atoms with Gasteiger partial charge in [-0.15, -0.1) is 0 Å². The third-order valence-corrected chi connectivity index (χ3v) is 7.43. The molecule has 0 spiro atoms. The molecule has 2 N–H and O–H groups in total. The summed E-state index contributed by atoms with van der Waals surface area (Å²) in [5.41, 5.74) is 0.203. The van der Waals surface area contributed by atoms with Gasteiger partial charge in [-0.1, -0.05) is 30.3 Å². The van der Waals surface area contributed by atoms with E-state index in [4.69, 9.17) is 0 Å². The van der Waals surface area contributed by atoms with Crippen molar-refractivity contribution < 1.29 is 0 Å². The summed E-state index contributed by atoms with van der Waals surface area (Å²) in [6.07, 6.45) is 0. The number of hydrazine groups is 2. The molecule has 0 bridgehead atoms. The standard InChI is InChI=1S/C14H25N4Si2/c1-13(2,3)17-16-20(12-10-8-7-9-11-12)18(15-19-17)14(4,5)6/h7-11,15-16H,1-6H3. The van der Waals surface area contributed by atoms with Crippen LogP contribution in [-0.2, 0) is 0 Å². The average molecular weight is 306 g/mol. The molecule has 1 heterocycles. The highest BCUT2D eigenvalue weighted by atomic mass is 28.3. The van der Waals surface area contributed by atoms with Gasteiger partial charge in [-0.25, -0.2) is 9.35 Å². The van der Waals surface area contributed by atoms with Crippen LogP contribution >= 0.6 is 0 Å². The van der Waals surface area contributed by atoms with Crippen LogP contribution in [0.2, 0.25) is 0 Å². The van der Waals surface area contributed by atoms with Gasteiger partial charge in [0.1, 0.15) is 0 Å². The van der Waals surface area contributed by atoms with Crippen molar-refractivity contribution in [3.8, 4) is 0 Å². The van der Waals surface area contributed by atoms with E-state index >= 15 is 0 Å². The Kier molecular flexibility index (Phi) is 4.53. The van der Waals surface area contributed by atoms with E-state index in [1.807, 2.05) is 0 Å². The van der Waals surface area contributed by atoms with Crippen LogP contribution in [0.15, 0.2) is 30.3 Å². The fourth-order valence-corrected chi connectivity index (χ4v) is 6.19. The van der Waals surface area contributed by atoms with Gasteiger partial charge in [0.25, 0.3) is 19.0 Å². The lowest BCUT2D eigenvalue weighted by molar-refractivity contribution is 0.142. The number of nitrogens with zero attached hydrogens (tertiary/aromatic N) is 2. The Labute approximate surface area is 127 Å². The first kappa shape index (κ1) is 15.9. The predicted molar refractivity (Wildman–Crippen MR) is 87.0 cm³/mol. The van der Waals surface area contributed by atoms with Gasteiger partial charge in [-0.2, -0.15) is 0 Å². The average Bonchev–Trinajstić information content (AvgIpc) is 2.37. The minimum atomic E-state index is -1.05. The Morgan fingerprint density at radius 3 is 2.05 bits per heavy atom. The summed E-state index contributed by atoms with van der Waals surface area (Å²) >= 11 is 0. The fraction of sp³-hybridized carbons (Fsp3) is 0.571. The van der Waals surface area contributed by atoms with Crippen LogP contribution in [0.25, 0.3) is 0 Å². The van der Waals surface area contributed by atoms with Crippen LogP contribution in [0.5, 0.6) is 0 Å². The molecular formula is C14H25N4Si2. The highest BCUT2D eigenvalue weighted by Gasteiger charge is 2.40. The van der Waals surface area contributed by atoms with E-state index in [0.29, 0.717) is 9.84 Å². The topological polar surface area (TPSA) is 30.5 Å². The van der Waals surface area contributed by atoms with Crippen molar-refractivity contribution >= 4 is 24.1 Å². The van der Waals surface area contributed by atoms with Crippen molar-refractivity contribution in [3.63, 3.8) is 0 Å². The monoisotopic (exact) mass is 305 g/mol. The molecule has 6 heteroatoms. The molecule has 0 atom stereocenters. The lowest BCUT2D eigenvalue weighted by atomic mass is 10.1. The first-order valence-electron chi connectivity index (χ1n) is 7.00. The maximum absolute atomic E-state index is 3.78. The van der Waals surface area contributed by atoms with Crippen molar-refractivity contribution in [2.45, 2.75) is 52.6 Å². The molecule has 1 aromatic carbocycles. The van der Waals surface area contributed by atoms with Crippen molar-refractivity contribution in [1.82, 2.24) is 19.5 Å². The molecule has 0 aliphatic carbocycles. The Balaban J connectivity index is 2.29. The summed E-state index contributed by atoms with van der Waals surface area (Å²) in [6.45, 7) is 13.5. The van der Waals surface area contributed by atoms with Gasteiger partial charge in [0.05, 0.1) is 0 Å². The quantitative estimate of drug-likeness (QED) is 0.762. The molecular weight excluding hydrogens is 280 g/mol. The maximum atomic E-state index is 3.78. The first-order chi connectivity index (χ1) is 9.19. The number of benzene rings is 1. The Bertz CT molecular complexity index is 439. The molecule has 0 unspecified atom stereocenters. The molecule has 1 aliphatic rings. The molecule has 2 rings (SSSR count). The van der Waals surface area contributed by atoms with Crippen molar-refractivity contribution in [2.24, 2.45) is 0 Å². The van der Waals surface area contributed by atoms with Crippen LogP contribution in [0.4, 0.5) is 0 Å². The van der Waals surface area contributed by atoms with Crippen LogP contribution in [-0.4, -0.2) is 39.4 Å². The fourth-order valence-electron chi connectivity index (χ4n) is 1.97. The van der Waals surface area contributed by atoms with E-state index < -0.39 is 9.12 Å². The lowest BCUT2D eigenvalue weighted by Crippen LogP contribution is -2.80. The molecule has 1 saturated heterocycles. The van der Waals surface area contributed by atoms with Crippen LogP contribution in [0.1, 0.15) is 41.5 Å². The number of rotatable bonds is 1. The van der Waals surface area contributed by atoms with E-state index in [9.17, 15) is 0 Å². The van der Waals surface area contributed by atoms with Crippen LogP contribution in [0, 0.1) is 0 Å². The highest BCUT2D eigenvalue weighted by molar-refractivity contribution is 6.69. The van der Waals surface area contributed by atoms with E-state index in [-0.39, 0.29) is 11.1 Å². The van der Waals surface area contributed by atoms with Gasteiger partial charge in [-0.05, 0) is 46.7 Å². The van der Waals surface area contributed by atoms with Gasteiger partial charge in [0.15, 0.2) is 0 Å². The molecule has 0 saturated carbocycles. The Morgan fingerprint density at radius 2 is 1.55 bits per heavy atom. The minimum absolute atomic E-state index is 0.0914. The zero-order chi connectivity index (χ0) is 15.0. The molecule has 0 aromatic heterocycles. The third kappa shape index (κ3) is 3.57. The van der Waals surface area contributed by atoms with Crippen LogP contribution < -0.4 is 15.4 Å². The van der Waals surface area contributed by atoms with E-state index in [1.165, 1.54) is 5.19 Å². The zero-order valence-electron chi connectivity index (χ0n) is 13.3. The van der Waals surface area contributed by atoms with Gasteiger partial charge < -0.3 is 0 Å². The summed E-state index contributed by atoms with van der Waals surface area (Å²) in [5, 5.41) is 8.79. The number of hydrogen-bond donors (Lipinski definition) is 2. The summed E-state index contributed by atoms with van der Waals surface area (Å²) in [5.74, 6) is 0. The first-order valence-corrected chi connectivity index (χ1v) is 9.40. The number of nitrogens with one attached hydrogen (secondary N) is 2. The van der Waals surface area contributed by atoms with E-state index in [0.717, 1.165) is 0 Å². The second kappa shape index (κ2) is 5.71. The molecule has 1 aromatic rings. The lowest BCUT2D eigenvalue weighted by Gasteiger charge is -2.50. The molecule has 3 radical (unpaired) electrons. The molecule has 1 aliphatic heterocycles. The van der Waals surface area contributed by atoms with Gasteiger partial charge >= 0.3 is 0 Å². The molecule has 20 heavy (non-hydrogen) atoms. The zero-order valence-corrected chi connectivity index (χ0v) is 15.3. The summed E-state index contributed by atoms with van der Waals surface area (Å²) < 4.78 is 4.74. The second-order valence-corrected chi connectivity index (χ2v) is 9.90. The normalized spacial score (nSPS) is 20.3. The van der Waals surface area contributed by atoms with Crippen LogP contribution in [0.3, 0.4) is 0 Å². The summed E-state index contributed by atoms with van der Waals surface area (Å²) in [6, 6.07) is 10.8. The van der Waals surface area contributed by atoms with Crippen molar-refractivity contribution in [1.29, 1.82) is 0 Å². The molecule has 4 nitrogen and oxygen atoms in total. The maximum Gasteiger partial charge on any atom is 0.292 e. The van der Waals surface area contributed by atoms with Gasteiger partial charge in [-0.3, -0.25) is 10.2 Å². The SMILES string of the molecule is CC(C)(C)N1N[Si](c2ccccc2)N(C(C)(C)C)N[Si]1. The number of hydrogen-bond acceptors (Lipinski definition) is 4. The van der Waals surface area contributed by atoms with E-state index in [2.05, 4.69) is 91.4 Å². The summed E-state index contributed by atoms with van der Waals surface area (Å²) in [4.78, 5) is 0. The smallest absolute Gasteiger partial charge is 0.266 e. The van der Waals surface area contributed by atoms with Gasteiger partial charge in [0, 0.05) is 11.1 Å². The minimum Gasteiger partial charge on any atom is -0.266 e. The predicted octanol–water partition coefficient (Wildman–Crippen LogP) is 1.14. The van der Waals surface area contributed by atoms with Crippen molar-refractivity contribution in [2.75, 3.05) is 0 Å². The Hall–Kier alpha value is -0.506. The molecule has 0 amide bonds. The third-order valence-electron chi connectivity index (χ3n) is 3.10.